The summed E-state index contributed by atoms with van der Waals surface area (Å²) in [6, 6.07) is 21.0. The molecule has 1 aliphatic rings. The van der Waals surface area contributed by atoms with Gasteiger partial charge in [0.2, 0.25) is 0 Å². The molecule has 0 atom stereocenters. The number of carbonyl (C=O) groups is 2. The van der Waals surface area contributed by atoms with Crippen molar-refractivity contribution in [3.63, 3.8) is 0 Å². The number of hydrogen-bond acceptors (Lipinski definition) is 4. The first-order chi connectivity index (χ1) is 17.0. The number of amides is 2. The third-order valence-electron chi connectivity index (χ3n) is 6.16. The van der Waals surface area contributed by atoms with Crippen molar-refractivity contribution >= 4 is 39.1 Å². The minimum absolute atomic E-state index is 0.0892. The van der Waals surface area contributed by atoms with E-state index in [1.54, 1.807) is 18.2 Å². The summed E-state index contributed by atoms with van der Waals surface area (Å²) in [6.07, 6.45) is 0.967. The van der Waals surface area contributed by atoms with E-state index in [-0.39, 0.29) is 11.8 Å². The number of hydrogen-bond donors (Lipinski definition) is 1. The standard InChI is InChI=1S/C28H30BrN3O3/c1-3-20-5-7-21(8-6-20)28(34)32-17-15-31(16-18-32)24-12-10-23(11-13-24)30-27(33)22-9-14-26(35-4-2)25(29)19-22/h5-14,19H,3-4,15-18H2,1-2H3,(H,30,33). The Kier molecular flexibility index (Phi) is 8.08. The Balaban J connectivity index is 1.31. The highest BCUT2D eigenvalue weighted by Gasteiger charge is 2.22. The number of nitrogens with zero attached hydrogens (tertiary/aromatic N) is 2. The Bertz CT molecular complexity index is 1170. The van der Waals surface area contributed by atoms with Crippen LogP contribution < -0.4 is 15.0 Å². The number of aryl methyl sites for hydroxylation is 1. The number of rotatable bonds is 7. The number of ether oxygens (including phenoxy) is 1. The second kappa shape index (κ2) is 11.4. The van der Waals surface area contributed by atoms with Gasteiger partial charge in [0.15, 0.2) is 0 Å². The molecule has 35 heavy (non-hydrogen) atoms. The molecule has 182 valence electrons. The number of anilines is 2. The van der Waals surface area contributed by atoms with Gasteiger partial charge in [0, 0.05) is 48.7 Å². The van der Waals surface area contributed by atoms with Crippen molar-refractivity contribution in [2.24, 2.45) is 0 Å². The predicted octanol–water partition coefficient (Wildman–Crippen LogP) is 5.62. The molecular formula is C28H30BrN3O3. The van der Waals surface area contributed by atoms with E-state index in [4.69, 9.17) is 4.74 Å². The quantitative estimate of drug-likeness (QED) is 0.426. The molecule has 0 bridgehead atoms. The molecule has 0 spiro atoms. The third-order valence-corrected chi connectivity index (χ3v) is 6.78. The molecular weight excluding hydrogens is 506 g/mol. The summed E-state index contributed by atoms with van der Waals surface area (Å²) >= 11 is 3.45. The van der Waals surface area contributed by atoms with Crippen molar-refractivity contribution in [2.45, 2.75) is 20.3 Å². The summed E-state index contributed by atoms with van der Waals surface area (Å²) < 4.78 is 6.25. The minimum Gasteiger partial charge on any atom is -0.493 e. The minimum atomic E-state index is -0.180. The van der Waals surface area contributed by atoms with Crippen LogP contribution in [0, 0.1) is 0 Å². The number of benzene rings is 3. The monoisotopic (exact) mass is 535 g/mol. The van der Waals surface area contributed by atoms with Gasteiger partial charge in [0.05, 0.1) is 11.1 Å². The summed E-state index contributed by atoms with van der Waals surface area (Å²) in [4.78, 5) is 29.7. The van der Waals surface area contributed by atoms with E-state index in [0.717, 1.165) is 40.9 Å². The van der Waals surface area contributed by atoms with Gasteiger partial charge in [0.1, 0.15) is 5.75 Å². The maximum absolute atomic E-state index is 12.8. The van der Waals surface area contributed by atoms with Gasteiger partial charge in [0.25, 0.3) is 11.8 Å². The molecule has 1 saturated heterocycles. The summed E-state index contributed by atoms with van der Waals surface area (Å²) in [6.45, 7) is 7.49. The average Bonchev–Trinajstić information content (AvgIpc) is 2.90. The Morgan fingerprint density at radius 3 is 2.14 bits per heavy atom. The van der Waals surface area contributed by atoms with Crippen LogP contribution in [0.2, 0.25) is 0 Å². The van der Waals surface area contributed by atoms with Crippen molar-refractivity contribution in [3.05, 3.63) is 87.9 Å². The van der Waals surface area contributed by atoms with Crippen LogP contribution in [0.5, 0.6) is 5.75 Å². The van der Waals surface area contributed by atoms with Gasteiger partial charge >= 0.3 is 0 Å². The summed E-state index contributed by atoms with van der Waals surface area (Å²) in [5.41, 5.74) is 4.34. The SMILES string of the molecule is CCOc1ccc(C(=O)Nc2ccc(N3CCN(C(=O)c4ccc(CC)cc4)CC3)cc2)cc1Br. The van der Waals surface area contributed by atoms with E-state index < -0.39 is 0 Å². The van der Waals surface area contributed by atoms with Crippen molar-refractivity contribution in [3.8, 4) is 5.75 Å². The van der Waals surface area contributed by atoms with E-state index in [2.05, 4.69) is 33.1 Å². The van der Waals surface area contributed by atoms with Crippen molar-refractivity contribution in [1.82, 2.24) is 4.90 Å². The lowest BCUT2D eigenvalue weighted by molar-refractivity contribution is 0.0746. The number of halogens is 1. The highest BCUT2D eigenvalue weighted by molar-refractivity contribution is 9.10. The molecule has 1 N–H and O–H groups in total. The molecule has 4 rings (SSSR count). The van der Waals surface area contributed by atoms with E-state index in [1.165, 1.54) is 5.56 Å². The number of carbonyl (C=O) groups excluding carboxylic acids is 2. The van der Waals surface area contributed by atoms with Crippen molar-refractivity contribution in [2.75, 3.05) is 43.0 Å². The van der Waals surface area contributed by atoms with E-state index in [1.807, 2.05) is 60.4 Å². The molecule has 6 nitrogen and oxygen atoms in total. The van der Waals surface area contributed by atoms with Gasteiger partial charge in [-0.05, 0) is 89.4 Å². The molecule has 1 heterocycles. The fourth-order valence-corrected chi connectivity index (χ4v) is 4.60. The Morgan fingerprint density at radius 1 is 0.886 bits per heavy atom. The first kappa shape index (κ1) is 24.8. The van der Waals surface area contributed by atoms with Crippen molar-refractivity contribution in [1.29, 1.82) is 0 Å². The van der Waals surface area contributed by atoms with Gasteiger partial charge in [-0.2, -0.15) is 0 Å². The first-order valence-electron chi connectivity index (χ1n) is 12.0. The largest absolute Gasteiger partial charge is 0.493 e. The molecule has 0 aromatic heterocycles. The Hall–Kier alpha value is -3.32. The van der Waals surface area contributed by atoms with Crippen LogP contribution in [0.1, 0.15) is 40.1 Å². The van der Waals surface area contributed by atoms with Crippen LogP contribution in [-0.2, 0) is 6.42 Å². The van der Waals surface area contributed by atoms with Crippen LogP contribution in [0.4, 0.5) is 11.4 Å². The van der Waals surface area contributed by atoms with Crippen molar-refractivity contribution < 1.29 is 14.3 Å². The maximum Gasteiger partial charge on any atom is 0.255 e. The smallest absolute Gasteiger partial charge is 0.255 e. The first-order valence-corrected chi connectivity index (χ1v) is 12.7. The lowest BCUT2D eigenvalue weighted by Gasteiger charge is -2.36. The lowest BCUT2D eigenvalue weighted by Crippen LogP contribution is -2.48. The molecule has 1 fully saturated rings. The van der Waals surface area contributed by atoms with Gasteiger partial charge in [-0.3, -0.25) is 9.59 Å². The Labute approximate surface area is 215 Å². The zero-order valence-electron chi connectivity index (χ0n) is 20.1. The summed E-state index contributed by atoms with van der Waals surface area (Å²) in [5.74, 6) is 0.622. The van der Waals surface area contributed by atoms with Crippen LogP contribution in [-0.4, -0.2) is 49.5 Å². The third kappa shape index (κ3) is 6.03. The highest BCUT2D eigenvalue weighted by atomic mass is 79.9. The second-order valence-corrected chi connectivity index (χ2v) is 9.26. The fourth-order valence-electron chi connectivity index (χ4n) is 4.11. The number of piperazine rings is 1. The highest BCUT2D eigenvalue weighted by Crippen LogP contribution is 2.27. The molecule has 0 aliphatic carbocycles. The zero-order chi connectivity index (χ0) is 24.8. The molecule has 3 aromatic carbocycles. The van der Waals surface area contributed by atoms with E-state index in [0.29, 0.717) is 31.0 Å². The van der Waals surface area contributed by atoms with Gasteiger partial charge < -0.3 is 19.9 Å². The molecule has 7 heteroatoms. The van der Waals surface area contributed by atoms with Crippen LogP contribution in [0.3, 0.4) is 0 Å². The molecule has 0 saturated carbocycles. The summed E-state index contributed by atoms with van der Waals surface area (Å²) in [7, 11) is 0. The van der Waals surface area contributed by atoms with Gasteiger partial charge in [-0.25, -0.2) is 0 Å². The maximum atomic E-state index is 12.8. The molecule has 2 amide bonds. The Morgan fingerprint density at radius 2 is 1.54 bits per heavy atom. The van der Waals surface area contributed by atoms with Crippen LogP contribution >= 0.6 is 15.9 Å². The second-order valence-electron chi connectivity index (χ2n) is 8.41. The average molecular weight is 536 g/mol. The van der Waals surface area contributed by atoms with Gasteiger partial charge in [-0.1, -0.05) is 19.1 Å². The van der Waals surface area contributed by atoms with Crippen LogP contribution in [0.25, 0.3) is 0 Å². The molecule has 3 aromatic rings. The van der Waals surface area contributed by atoms with E-state index in [9.17, 15) is 9.59 Å². The topological polar surface area (TPSA) is 61.9 Å². The summed E-state index contributed by atoms with van der Waals surface area (Å²) in [5, 5.41) is 2.94. The normalized spacial score (nSPS) is 13.5. The van der Waals surface area contributed by atoms with E-state index >= 15 is 0 Å². The predicted molar refractivity (Wildman–Crippen MR) is 144 cm³/mol. The van der Waals surface area contributed by atoms with Crippen LogP contribution in [0.15, 0.2) is 71.2 Å². The fraction of sp³-hybridized carbons (Fsp3) is 0.286. The number of nitrogens with one attached hydrogen (secondary N) is 1. The molecule has 1 aliphatic heterocycles. The van der Waals surface area contributed by atoms with Gasteiger partial charge in [-0.15, -0.1) is 0 Å². The zero-order valence-corrected chi connectivity index (χ0v) is 21.7. The molecule has 0 radical (unpaired) electrons. The lowest BCUT2D eigenvalue weighted by atomic mass is 10.1. The molecule has 0 unspecified atom stereocenters.